The Morgan fingerprint density at radius 3 is 2.55 bits per heavy atom. The average molecular weight is 588 g/mol. The third-order valence-electron chi connectivity index (χ3n) is 6.81. The van der Waals surface area contributed by atoms with Crippen LogP contribution in [0.2, 0.25) is 10.0 Å². The number of hydrogen-bond acceptors (Lipinski definition) is 5. The lowest BCUT2D eigenvalue weighted by Crippen LogP contribution is -2.37. The summed E-state index contributed by atoms with van der Waals surface area (Å²) in [6.45, 7) is 5.73. The molecule has 0 saturated heterocycles. The van der Waals surface area contributed by atoms with E-state index in [1.54, 1.807) is 24.3 Å². The van der Waals surface area contributed by atoms with Crippen LogP contribution < -0.4 is 20.9 Å². The van der Waals surface area contributed by atoms with E-state index in [1.165, 1.54) is 4.57 Å². The molecule has 0 fully saturated rings. The van der Waals surface area contributed by atoms with Gasteiger partial charge in [0.1, 0.15) is 11.5 Å². The van der Waals surface area contributed by atoms with Gasteiger partial charge in [0.15, 0.2) is 5.69 Å². The minimum atomic E-state index is -1.15. The highest BCUT2D eigenvalue weighted by molar-refractivity contribution is 6.32. The highest BCUT2D eigenvalue weighted by Crippen LogP contribution is 2.35. The van der Waals surface area contributed by atoms with Crippen molar-refractivity contribution in [2.24, 2.45) is 0 Å². The Kier molecular flexibility index (Phi) is 8.95. The number of pyridine rings is 1. The second kappa shape index (κ2) is 12.2. The lowest BCUT2D eigenvalue weighted by molar-refractivity contribution is -0.137. The molecule has 1 aliphatic carbocycles. The van der Waals surface area contributed by atoms with Crippen LogP contribution in [0.1, 0.15) is 60.7 Å². The van der Waals surface area contributed by atoms with Crippen LogP contribution in [0.3, 0.4) is 0 Å². The van der Waals surface area contributed by atoms with E-state index in [-0.39, 0.29) is 24.1 Å². The summed E-state index contributed by atoms with van der Waals surface area (Å²) in [5.74, 6) is -1.08. The summed E-state index contributed by atoms with van der Waals surface area (Å²) < 4.78 is 7.24. The molecule has 1 aliphatic rings. The number of benzene rings is 2. The summed E-state index contributed by atoms with van der Waals surface area (Å²) >= 11 is 12.7. The fourth-order valence-electron chi connectivity index (χ4n) is 4.91. The number of carboxylic acid groups (broad SMARTS) is 1. The van der Waals surface area contributed by atoms with Gasteiger partial charge in [-0.3, -0.25) is 9.59 Å². The van der Waals surface area contributed by atoms with Crippen LogP contribution in [0, 0.1) is 6.92 Å². The molecular weight excluding hydrogens is 557 g/mol. The van der Waals surface area contributed by atoms with Crippen LogP contribution in [0.5, 0.6) is 11.5 Å². The second-order valence-corrected chi connectivity index (χ2v) is 10.8. The number of aliphatic carboxylic acids is 1. The molecule has 0 aliphatic heterocycles. The zero-order chi connectivity index (χ0) is 29.1. The van der Waals surface area contributed by atoms with Gasteiger partial charge in [-0.15, -0.1) is 0 Å². The molecule has 212 valence electrons. The number of carbonyl (C=O) groups excluding carboxylic acids is 1. The maximum Gasteiger partial charge on any atom is 0.319 e. The SMILES string of the molecule is Cc1cccc(Cl)c1Cn1c2c(c(O)c(NC(=O)N[C@@H](CC(=O)O)c3ccc(Cl)c(OC(C)C)c3)c1=O)CCC2. The summed E-state index contributed by atoms with van der Waals surface area (Å²) in [4.78, 5) is 38.4. The Bertz CT molecular complexity index is 1500. The number of aromatic hydroxyl groups is 1. The van der Waals surface area contributed by atoms with Crippen molar-refractivity contribution < 1.29 is 24.5 Å². The molecule has 0 spiro atoms. The van der Waals surface area contributed by atoms with Gasteiger partial charge in [0, 0.05) is 16.3 Å². The second-order valence-electron chi connectivity index (χ2n) is 10.0. The number of halogens is 2. The van der Waals surface area contributed by atoms with Crippen LogP contribution in [0.25, 0.3) is 0 Å². The van der Waals surface area contributed by atoms with Gasteiger partial charge in [0.05, 0.1) is 30.1 Å². The molecule has 1 heterocycles. The maximum atomic E-state index is 13.6. The first kappa shape index (κ1) is 29.3. The fourth-order valence-corrected chi connectivity index (χ4v) is 5.35. The topological polar surface area (TPSA) is 130 Å². The highest BCUT2D eigenvalue weighted by Gasteiger charge is 2.27. The number of carboxylic acids is 1. The largest absolute Gasteiger partial charge is 0.505 e. The smallest absolute Gasteiger partial charge is 0.319 e. The van der Waals surface area contributed by atoms with Crippen LogP contribution in [-0.4, -0.2) is 32.9 Å². The Morgan fingerprint density at radius 1 is 1.12 bits per heavy atom. The van der Waals surface area contributed by atoms with Crippen molar-refractivity contribution >= 4 is 40.9 Å². The molecule has 1 aromatic heterocycles. The van der Waals surface area contributed by atoms with Gasteiger partial charge in [-0.05, 0) is 74.9 Å². The molecule has 0 saturated carbocycles. The molecule has 0 unspecified atom stereocenters. The zero-order valence-corrected chi connectivity index (χ0v) is 23.9. The molecular formula is C29H31Cl2N3O6. The highest BCUT2D eigenvalue weighted by atomic mass is 35.5. The third kappa shape index (κ3) is 6.37. The molecule has 3 aromatic rings. The number of amides is 2. The molecule has 2 aromatic carbocycles. The average Bonchev–Trinajstić information content (AvgIpc) is 3.36. The number of fused-ring (bicyclic) bond motifs is 1. The predicted molar refractivity (Wildman–Crippen MR) is 154 cm³/mol. The molecule has 4 N–H and O–H groups in total. The van der Waals surface area contributed by atoms with Crippen molar-refractivity contribution in [1.82, 2.24) is 9.88 Å². The van der Waals surface area contributed by atoms with Crippen molar-refractivity contribution in [2.75, 3.05) is 5.32 Å². The number of carbonyl (C=O) groups is 2. The van der Waals surface area contributed by atoms with E-state index in [9.17, 15) is 24.6 Å². The number of nitrogens with one attached hydrogen (secondary N) is 2. The number of aryl methyl sites for hydroxylation is 1. The molecule has 40 heavy (non-hydrogen) atoms. The van der Waals surface area contributed by atoms with E-state index < -0.39 is 30.0 Å². The normalized spacial score (nSPS) is 13.2. The number of ether oxygens (including phenoxy) is 1. The molecule has 9 nitrogen and oxygen atoms in total. The number of hydrogen-bond donors (Lipinski definition) is 4. The van der Waals surface area contributed by atoms with Gasteiger partial charge in [-0.1, -0.05) is 41.4 Å². The van der Waals surface area contributed by atoms with Gasteiger partial charge in [0.2, 0.25) is 0 Å². The monoisotopic (exact) mass is 587 g/mol. The first-order valence-corrected chi connectivity index (χ1v) is 13.7. The third-order valence-corrected chi connectivity index (χ3v) is 7.47. The van der Waals surface area contributed by atoms with Crippen LogP contribution >= 0.6 is 23.2 Å². The number of nitrogens with zero attached hydrogens (tertiary/aromatic N) is 1. The quantitative estimate of drug-likeness (QED) is 0.249. The van der Waals surface area contributed by atoms with Crippen molar-refractivity contribution in [1.29, 1.82) is 0 Å². The Hall–Kier alpha value is -3.69. The Morgan fingerprint density at radius 2 is 1.88 bits per heavy atom. The first-order chi connectivity index (χ1) is 19.0. The van der Waals surface area contributed by atoms with E-state index >= 15 is 0 Å². The van der Waals surface area contributed by atoms with Crippen LogP contribution in [0.4, 0.5) is 10.5 Å². The van der Waals surface area contributed by atoms with Crippen molar-refractivity contribution in [3.63, 3.8) is 0 Å². The van der Waals surface area contributed by atoms with E-state index in [0.717, 1.165) is 17.5 Å². The van der Waals surface area contributed by atoms with Crippen molar-refractivity contribution in [2.45, 2.75) is 65.1 Å². The Balaban J connectivity index is 1.66. The van der Waals surface area contributed by atoms with Gasteiger partial charge in [0.25, 0.3) is 5.56 Å². The first-order valence-electron chi connectivity index (χ1n) is 12.9. The summed E-state index contributed by atoms with van der Waals surface area (Å²) in [6, 6.07) is 8.37. The number of rotatable bonds is 9. The summed E-state index contributed by atoms with van der Waals surface area (Å²) in [7, 11) is 0. The predicted octanol–water partition coefficient (Wildman–Crippen LogP) is 5.83. The van der Waals surface area contributed by atoms with Gasteiger partial charge in [-0.25, -0.2) is 4.79 Å². The lowest BCUT2D eigenvalue weighted by Gasteiger charge is -2.21. The van der Waals surface area contributed by atoms with Gasteiger partial charge >= 0.3 is 12.0 Å². The summed E-state index contributed by atoms with van der Waals surface area (Å²) in [5.41, 5.74) is 2.56. The molecule has 2 amide bonds. The standard InChI is InChI=1S/C29H31Cl2N3O6/c1-15(2)40-24-12-17(10-11-21(24)31)22(13-25(35)36)32-29(39)33-26-27(37)18-7-5-9-23(18)34(28(26)38)14-19-16(3)6-4-8-20(19)30/h4,6,8,10-12,15,22,37H,5,7,9,13-14H2,1-3H3,(H,35,36)(H2,32,33,39)/t22-/m0/s1. The Labute approximate surface area is 241 Å². The van der Waals surface area contributed by atoms with E-state index in [2.05, 4.69) is 10.6 Å². The number of urea groups is 1. The minimum Gasteiger partial charge on any atom is -0.505 e. The minimum absolute atomic E-state index is 0.175. The molecule has 1 atom stereocenters. The van der Waals surface area contributed by atoms with Crippen molar-refractivity contribution in [3.8, 4) is 11.5 Å². The van der Waals surface area contributed by atoms with Crippen molar-refractivity contribution in [3.05, 3.63) is 84.7 Å². The fraction of sp³-hybridized carbons (Fsp3) is 0.345. The van der Waals surface area contributed by atoms with Crippen LogP contribution in [-0.2, 0) is 24.2 Å². The lowest BCUT2D eigenvalue weighted by atomic mass is 10.0. The number of anilines is 1. The van der Waals surface area contributed by atoms with Gasteiger partial charge < -0.3 is 30.2 Å². The van der Waals surface area contributed by atoms with E-state index in [1.807, 2.05) is 32.9 Å². The molecule has 4 rings (SSSR count). The summed E-state index contributed by atoms with van der Waals surface area (Å²) in [5, 5.41) is 26.4. The van der Waals surface area contributed by atoms with Crippen LogP contribution in [0.15, 0.2) is 41.2 Å². The molecule has 0 radical (unpaired) electrons. The maximum absolute atomic E-state index is 13.6. The zero-order valence-electron chi connectivity index (χ0n) is 22.4. The molecule has 0 bridgehead atoms. The number of aromatic nitrogens is 1. The van der Waals surface area contributed by atoms with Gasteiger partial charge in [-0.2, -0.15) is 0 Å². The summed E-state index contributed by atoms with van der Waals surface area (Å²) in [6.07, 6.45) is 1.28. The van der Waals surface area contributed by atoms with E-state index in [0.29, 0.717) is 45.5 Å². The molecule has 11 heteroatoms. The van der Waals surface area contributed by atoms with E-state index in [4.69, 9.17) is 27.9 Å².